The highest BCUT2D eigenvalue weighted by molar-refractivity contribution is 5.78. The molecular formula is C15H20N6O2. The van der Waals surface area contributed by atoms with E-state index in [0.29, 0.717) is 0 Å². The maximum absolute atomic E-state index is 12.0. The van der Waals surface area contributed by atoms with E-state index in [4.69, 9.17) is 4.74 Å². The van der Waals surface area contributed by atoms with E-state index in [0.717, 1.165) is 37.5 Å². The second kappa shape index (κ2) is 5.45. The van der Waals surface area contributed by atoms with Crippen LogP contribution >= 0.6 is 0 Å². The van der Waals surface area contributed by atoms with Gasteiger partial charge in [0.15, 0.2) is 5.65 Å². The van der Waals surface area contributed by atoms with Gasteiger partial charge >= 0.3 is 5.97 Å². The third-order valence-electron chi connectivity index (χ3n) is 4.69. The molecular weight excluding hydrogens is 296 g/mol. The molecule has 2 fully saturated rings. The summed E-state index contributed by atoms with van der Waals surface area (Å²) in [4.78, 5) is 16.5. The maximum Gasteiger partial charge on any atom is 0.323 e. The molecule has 8 heteroatoms. The third-order valence-corrected chi connectivity index (χ3v) is 4.69. The van der Waals surface area contributed by atoms with Crippen molar-refractivity contribution in [1.29, 1.82) is 0 Å². The zero-order valence-corrected chi connectivity index (χ0v) is 13.3. The van der Waals surface area contributed by atoms with Gasteiger partial charge in [0.05, 0.1) is 0 Å². The highest BCUT2D eigenvalue weighted by Crippen LogP contribution is 2.25. The van der Waals surface area contributed by atoms with E-state index >= 15 is 0 Å². The lowest BCUT2D eigenvalue weighted by atomic mass is 10.1. The highest BCUT2D eigenvalue weighted by Gasteiger charge is 2.39. The van der Waals surface area contributed by atoms with Gasteiger partial charge in [-0.2, -0.15) is 4.52 Å². The van der Waals surface area contributed by atoms with Crippen molar-refractivity contribution in [2.24, 2.45) is 0 Å². The first kappa shape index (κ1) is 14.4. The Morgan fingerprint density at radius 1 is 1.26 bits per heavy atom. The van der Waals surface area contributed by atoms with E-state index in [1.54, 1.807) is 10.8 Å². The van der Waals surface area contributed by atoms with Crippen molar-refractivity contribution in [3.05, 3.63) is 18.5 Å². The summed E-state index contributed by atoms with van der Waals surface area (Å²) in [6, 6.07) is 4.07. The second-order valence-corrected chi connectivity index (χ2v) is 6.36. The number of rotatable bonds is 2. The Morgan fingerprint density at radius 3 is 2.87 bits per heavy atom. The molecule has 4 heterocycles. The molecule has 4 rings (SSSR count). The summed E-state index contributed by atoms with van der Waals surface area (Å²) in [5.41, 5.74) is 0.739. The number of hydrogen-bond donors (Lipinski definition) is 0. The van der Waals surface area contributed by atoms with Crippen LogP contribution in [0, 0.1) is 0 Å². The molecule has 122 valence electrons. The molecule has 8 nitrogen and oxygen atoms in total. The molecule has 0 amide bonds. The molecule has 0 saturated carbocycles. The summed E-state index contributed by atoms with van der Waals surface area (Å²) in [5.74, 6) is 0.828. The number of hydrogen-bond acceptors (Lipinski definition) is 7. The van der Waals surface area contributed by atoms with E-state index in [1.807, 2.05) is 19.1 Å². The minimum atomic E-state index is -0.0945. The molecule has 2 aromatic heterocycles. The Balaban J connectivity index is 1.49. The van der Waals surface area contributed by atoms with Gasteiger partial charge in [-0.1, -0.05) is 0 Å². The number of carbonyl (C=O) groups excluding carboxylic acids is 1. The average Bonchev–Trinajstić information content (AvgIpc) is 3.12. The molecule has 0 unspecified atom stereocenters. The molecule has 2 aromatic rings. The van der Waals surface area contributed by atoms with Crippen LogP contribution in [-0.4, -0.2) is 68.5 Å². The molecule has 2 aliphatic rings. The van der Waals surface area contributed by atoms with Gasteiger partial charge in [0.2, 0.25) is 0 Å². The fraction of sp³-hybridized carbons (Fsp3) is 0.600. The molecule has 3 atom stereocenters. The van der Waals surface area contributed by atoms with E-state index in [-0.39, 0.29) is 24.2 Å². The molecule has 23 heavy (non-hydrogen) atoms. The lowest BCUT2D eigenvalue weighted by Gasteiger charge is -2.41. The van der Waals surface area contributed by atoms with Crippen molar-refractivity contribution in [3.63, 3.8) is 0 Å². The van der Waals surface area contributed by atoms with Gasteiger partial charge in [-0.05, 0) is 26.0 Å². The molecule has 0 aromatic carbocycles. The Hall–Kier alpha value is -2.22. The number of carbonyl (C=O) groups is 1. The molecule has 0 spiro atoms. The monoisotopic (exact) mass is 316 g/mol. The minimum absolute atomic E-state index is 0.0265. The number of anilines is 1. The fourth-order valence-electron chi connectivity index (χ4n) is 3.51. The first-order valence-electron chi connectivity index (χ1n) is 8.00. The Morgan fingerprint density at radius 2 is 2.13 bits per heavy atom. The van der Waals surface area contributed by atoms with Crippen LogP contribution in [0.25, 0.3) is 5.65 Å². The summed E-state index contributed by atoms with van der Waals surface area (Å²) < 4.78 is 6.97. The van der Waals surface area contributed by atoms with Gasteiger partial charge in [0.25, 0.3) is 0 Å². The van der Waals surface area contributed by atoms with Gasteiger partial charge < -0.3 is 9.64 Å². The van der Waals surface area contributed by atoms with Crippen molar-refractivity contribution < 1.29 is 9.53 Å². The number of ether oxygens (including phenoxy) is 1. The van der Waals surface area contributed by atoms with E-state index in [2.05, 4.69) is 32.0 Å². The summed E-state index contributed by atoms with van der Waals surface area (Å²) in [6.07, 6.45) is 2.42. The smallest absolute Gasteiger partial charge is 0.323 e. The predicted octanol–water partition coefficient (Wildman–Crippen LogP) is 0.339. The summed E-state index contributed by atoms with van der Waals surface area (Å²) in [6.45, 7) is 6.61. The maximum atomic E-state index is 12.0. The average molecular weight is 316 g/mol. The van der Waals surface area contributed by atoms with Crippen LogP contribution in [0.1, 0.15) is 20.3 Å². The quantitative estimate of drug-likeness (QED) is 0.739. The Bertz CT molecular complexity index is 732. The molecule has 2 saturated heterocycles. The van der Waals surface area contributed by atoms with Gasteiger partial charge in [-0.25, -0.2) is 0 Å². The Labute approximate surface area is 134 Å². The molecule has 0 aliphatic carbocycles. The number of aromatic nitrogens is 4. The van der Waals surface area contributed by atoms with Crippen molar-refractivity contribution in [3.8, 4) is 0 Å². The number of nitrogens with zero attached hydrogens (tertiary/aromatic N) is 6. The van der Waals surface area contributed by atoms with Gasteiger partial charge in [-0.3, -0.25) is 9.69 Å². The van der Waals surface area contributed by atoms with Crippen LogP contribution in [-0.2, 0) is 9.53 Å². The summed E-state index contributed by atoms with van der Waals surface area (Å²) in [5, 5.41) is 12.4. The van der Waals surface area contributed by atoms with Crippen molar-refractivity contribution >= 4 is 17.4 Å². The zero-order valence-electron chi connectivity index (χ0n) is 13.3. The van der Waals surface area contributed by atoms with Crippen molar-refractivity contribution in [2.45, 2.75) is 38.5 Å². The Kier molecular flexibility index (Phi) is 3.41. The number of cyclic esters (lactones) is 1. The third kappa shape index (κ3) is 2.52. The second-order valence-electron chi connectivity index (χ2n) is 6.36. The number of fused-ring (bicyclic) bond motifs is 1. The normalized spacial score (nSPS) is 29.2. The predicted molar refractivity (Wildman–Crippen MR) is 83.1 cm³/mol. The van der Waals surface area contributed by atoms with Crippen LogP contribution < -0.4 is 4.90 Å². The van der Waals surface area contributed by atoms with Crippen LogP contribution in [0.3, 0.4) is 0 Å². The summed E-state index contributed by atoms with van der Waals surface area (Å²) in [7, 11) is 0. The van der Waals surface area contributed by atoms with Gasteiger partial charge in [0.1, 0.15) is 24.3 Å². The van der Waals surface area contributed by atoms with E-state index in [9.17, 15) is 4.79 Å². The van der Waals surface area contributed by atoms with Gasteiger partial charge in [0, 0.05) is 32.1 Å². The van der Waals surface area contributed by atoms with Crippen LogP contribution in [0.5, 0.6) is 0 Å². The van der Waals surface area contributed by atoms with Crippen LogP contribution in [0.2, 0.25) is 0 Å². The number of esters is 1. The SMILES string of the molecule is C[C@@H]1C[C@@H](N2CCN(c3ccc4nncn4n3)[C@H](C)C2)C(=O)O1. The summed E-state index contributed by atoms with van der Waals surface area (Å²) >= 11 is 0. The largest absolute Gasteiger partial charge is 0.461 e. The van der Waals surface area contributed by atoms with Crippen LogP contribution in [0.15, 0.2) is 18.5 Å². The van der Waals surface area contributed by atoms with Crippen molar-refractivity contribution in [1.82, 2.24) is 24.7 Å². The lowest BCUT2D eigenvalue weighted by molar-refractivity contribution is -0.145. The van der Waals surface area contributed by atoms with E-state index < -0.39 is 0 Å². The number of piperazine rings is 1. The molecule has 0 bridgehead atoms. The fourth-order valence-corrected chi connectivity index (χ4v) is 3.51. The molecule has 0 N–H and O–H groups in total. The minimum Gasteiger partial charge on any atom is -0.461 e. The zero-order chi connectivity index (χ0) is 16.0. The van der Waals surface area contributed by atoms with E-state index in [1.165, 1.54) is 0 Å². The standard InChI is InChI=1S/C15H20N6O2/c1-10-8-19(12-7-11(2)23-15(12)22)5-6-20(10)14-4-3-13-17-16-9-21(13)18-14/h3-4,9-12H,5-8H2,1-2H3/t10-,11-,12-/m1/s1. The van der Waals surface area contributed by atoms with Crippen LogP contribution in [0.4, 0.5) is 5.82 Å². The molecule has 0 radical (unpaired) electrons. The van der Waals surface area contributed by atoms with Gasteiger partial charge in [-0.15, -0.1) is 15.3 Å². The lowest BCUT2D eigenvalue weighted by Crippen LogP contribution is -2.56. The topological polar surface area (TPSA) is 75.9 Å². The first-order valence-corrected chi connectivity index (χ1v) is 8.00. The van der Waals surface area contributed by atoms with Crippen molar-refractivity contribution in [2.75, 3.05) is 24.5 Å². The first-order chi connectivity index (χ1) is 11.1. The highest BCUT2D eigenvalue weighted by atomic mass is 16.6. The molecule has 2 aliphatic heterocycles.